The Morgan fingerprint density at radius 3 is 2.70 bits per heavy atom. The number of carbonyl (C=O) groups excluding carboxylic acids is 2. The number of hydrogen-bond acceptors (Lipinski definition) is 5. The van der Waals surface area contributed by atoms with E-state index < -0.39 is 0 Å². The van der Waals surface area contributed by atoms with Gasteiger partial charge in [0.25, 0.3) is 0 Å². The van der Waals surface area contributed by atoms with Crippen LogP contribution in [0.25, 0.3) is 10.8 Å². The molecule has 0 bridgehead atoms. The summed E-state index contributed by atoms with van der Waals surface area (Å²) in [5, 5.41) is 2.30. The largest absolute Gasteiger partial charge is 0.461 e. The van der Waals surface area contributed by atoms with Gasteiger partial charge < -0.3 is 9.47 Å². The Morgan fingerprint density at radius 1 is 1.13 bits per heavy atom. The second-order valence-corrected chi connectivity index (χ2v) is 7.00. The Morgan fingerprint density at radius 2 is 1.91 bits per heavy atom. The van der Waals surface area contributed by atoms with Gasteiger partial charge in [-0.3, -0.25) is 4.79 Å². The summed E-state index contributed by atoms with van der Waals surface area (Å²) in [7, 11) is 0. The third-order valence-electron chi connectivity index (χ3n) is 3.75. The van der Waals surface area contributed by atoms with Crippen LogP contribution in [0, 0.1) is 0 Å². The first-order valence-corrected chi connectivity index (χ1v) is 8.55. The molecule has 0 N–H and O–H groups in total. The van der Waals surface area contributed by atoms with Crippen molar-refractivity contribution < 1.29 is 19.1 Å². The van der Waals surface area contributed by atoms with Gasteiger partial charge in [-0.25, -0.2) is 4.79 Å². The predicted octanol–water partition coefficient (Wildman–Crippen LogP) is 3.78. The molecule has 0 spiro atoms. The van der Waals surface area contributed by atoms with Crippen LogP contribution >= 0.6 is 11.8 Å². The van der Waals surface area contributed by atoms with Crippen LogP contribution in [0.5, 0.6) is 0 Å². The van der Waals surface area contributed by atoms with Crippen LogP contribution in [0.4, 0.5) is 0 Å². The second-order valence-electron chi connectivity index (χ2n) is 5.53. The standard InChI is InChI=1S/C18H18O4S/c1-12(19)22-17-9-8-16(23-17)11-21-18(20)15-7-6-13-4-2-3-5-14(13)10-15/h2-7,10,16-17H,8-9,11H2,1H3/t16-,17?/m0/s1. The zero-order valence-electron chi connectivity index (χ0n) is 12.9. The fourth-order valence-corrected chi connectivity index (χ4v) is 3.95. The second kappa shape index (κ2) is 7.04. The first-order chi connectivity index (χ1) is 11.1. The van der Waals surface area contributed by atoms with E-state index in [1.807, 2.05) is 36.4 Å². The smallest absolute Gasteiger partial charge is 0.338 e. The van der Waals surface area contributed by atoms with E-state index in [9.17, 15) is 9.59 Å². The lowest BCUT2D eigenvalue weighted by Gasteiger charge is -2.12. The van der Waals surface area contributed by atoms with Crippen LogP contribution in [0.2, 0.25) is 0 Å². The van der Waals surface area contributed by atoms with Gasteiger partial charge in [0.05, 0.1) is 5.56 Å². The van der Waals surface area contributed by atoms with Gasteiger partial charge in [-0.2, -0.15) is 0 Å². The Bertz CT molecular complexity index is 728. The molecule has 4 nitrogen and oxygen atoms in total. The molecule has 2 aromatic carbocycles. The quantitative estimate of drug-likeness (QED) is 0.799. The van der Waals surface area contributed by atoms with E-state index in [2.05, 4.69) is 0 Å². The first-order valence-electron chi connectivity index (χ1n) is 7.60. The van der Waals surface area contributed by atoms with Gasteiger partial charge in [0, 0.05) is 12.2 Å². The highest BCUT2D eigenvalue weighted by Gasteiger charge is 2.28. The van der Waals surface area contributed by atoms with Crippen molar-refractivity contribution in [2.24, 2.45) is 0 Å². The third-order valence-corrected chi connectivity index (χ3v) is 5.14. The highest BCUT2D eigenvalue weighted by Crippen LogP contribution is 2.34. The lowest BCUT2D eigenvalue weighted by Crippen LogP contribution is -2.14. The minimum atomic E-state index is -0.313. The van der Waals surface area contributed by atoms with E-state index in [-0.39, 0.29) is 22.6 Å². The maximum Gasteiger partial charge on any atom is 0.338 e. The van der Waals surface area contributed by atoms with Gasteiger partial charge in [0.2, 0.25) is 0 Å². The van der Waals surface area contributed by atoms with Crippen molar-refractivity contribution in [2.45, 2.75) is 30.5 Å². The van der Waals surface area contributed by atoms with Gasteiger partial charge in [-0.15, -0.1) is 11.8 Å². The molecule has 1 aliphatic heterocycles. The number of ether oxygens (including phenoxy) is 2. The molecule has 0 aliphatic carbocycles. The molecule has 1 aliphatic rings. The van der Waals surface area contributed by atoms with Crippen molar-refractivity contribution in [3.8, 4) is 0 Å². The van der Waals surface area contributed by atoms with Crippen LogP contribution in [0.1, 0.15) is 30.1 Å². The molecular formula is C18H18O4S. The van der Waals surface area contributed by atoms with Gasteiger partial charge in [-0.1, -0.05) is 30.3 Å². The van der Waals surface area contributed by atoms with Crippen molar-refractivity contribution in [1.82, 2.24) is 0 Å². The number of fused-ring (bicyclic) bond motifs is 1. The highest BCUT2D eigenvalue weighted by atomic mass is 32.2. The number of rotatable bonds is 4. The molecular weight excluding hydrogens is 312 g/mol. The Labute approximate surface area is 139 Å². The molecule has 0 saturated carbocycles. The van der Waals surface area contributed by atoms with Gasteiger partial charge in [0.1, 0.15) is 12.0 Å². The lowest BCUT2D eigenvalue weighted by molar-refractivity contribution is -0.142. The Balaban J connectivity index is 1.55. The van der Waals surface area contributed by atoms with Crippen molar-refractivity contribution >= 4 is 34.5 Å². The number of hydrogen-bond donors (Lipinski definition) is 0. The summed E-state index contributed by atoms with van der Waals surface area (Å²) >= 11 is 1.56. The lowest BCUT2D eigenvalue weighted by atomic mass is 10.1. The van der Waals surface area contributed by atoms with Crippen LogP contribution in [-0.4, -0.2) is 29.2 Å². The SMILES string of the molecule is CC(=O)OC1CC[C@@H](COC(=O)c2ccc3ccccc3c2)S1. The molecule has 3 rings (SSSR count). The van der Waals surface area contributed by atoms with E-state index in [1.165, 1.54) is 6.92 Å². The first kappa shape index (κ1) is 15.9. The van der Waals surface area contributed by atoms with E-state index in [0.29, 0.717) is 12.2 Å². The van der Waals surface area contributed by atoms with E-state index in [4.69, 9.17) is 9.47 Å². The van der Waals surface area contributed by atoms with Crippen LogP contribution in [-0.2, 0) is 14.3 Å². The topological polar surface area (TPSA) is 52.6 Å². The summed E-state index contributed by atoms with van der Waals surface area (Å²) in [4.78, 5) is 23.1. The molecule has 0 aromatic heterocycles. The minimum Gasteiger partial charge on any atom is -0.461 e. The predicted molar refractivity (Wildman–Crippen MR) is 90.4 cm³/mol. The molecule has 0 radical (unpaired) electrons. The monoisotopic (exact) mass is 330 g/mol. The number of thioether (sulfide) groups is 1. The fourth-order valence-electron chi connectivity index (χ4n) is 2.64. The summed E-state index contributed by atoms with van der Waals surface area (Å²) in [6.45, 7) is 1.75. The molecule has 120 valence electrons. The Hall–Kier alpha value is -2.01. The fraction of sp³-hybridized carbons (Fsp3) is 0.333. The summed E-state index contributed by atoms with van der Waals surface area (Å²) < 4.78 is 10.6. The van der Waals surface area contributed by atoms with Gasteiger partial charge in [-0.05, 0) is 35.7 Å². The Kier molecular flexibility index (Phi) is 4.86. The number of esters is 2. The third kappa shape index (κ3) is 4.05. The summed E-state index contributed by atoms with van der Waals surface area (Å²) in [5.41, 5.74) is 0.445. The molecule has 5 heteroatoms. The molecule has 23 heavy (non-hydrogen) atoms. The van der Waals surface area contributed by atoms with Crippen LogP contribution in [0.15, 0.2) is 42.5 Å². The molecule has 1 fully saturated rings. The summed E-state index contributed by atoms with van der Waals surface area (Å²) in [6.07, 6.45) is 1.69. The highest BCUT2D eigenvalue weighted by molar-refractivity contribution is 8.00. The normalized spacial score (nSPS) is 20.4. The average Bonchev–Trinajstić information content (AvgIpc) is 2.98. The molecule has 1 heterocycles. The van der Waals surface area contributed by atoms with Crippen LogP contribution < -0.4 is 0 Å². The maximum absolute atomic E-state index is 12.2. The zero-order valence-corrected chi connectivity index (χ0v) is 13.7. The molecule has 2 aromatic rings. The average molecular weight is 330 g/mol. The minimum absolute atomic E-state index is 0.114. The van der Waals surface area contributed by atoms with Crippen molar-refractivity contribution in [3.63, 3.8) is 0 Å². The van der Waals surface area contributed by atoms with Crippen molar-refractivity contribution in [2.75, 3.05) is 6.61 Å². The molecule has 1 unspecified atom stereocenters. The molecule has 1 saturated heterocycles. The van der Waals surface area contributed by atoms with E-state index in [1.54, 1.807) is 17.8 Å². The summed E-state index contributed by atoms with van der Waals surface area (Å²) in [5.74, 6) is -0.580. The van der Waals surface area contributed by atoms with E-state index >= 15 is 0 Å². The molecule has 0 amide bonds. The maximum atomic E-state index is 12.2. The zero-order chi connectivity index (χ0) is 16.2. The van der Waals surface area contributed by atoms with Gasteiger partial charge >= 0.3 is 11.9 Å². The van der Waals surface area contributed by atoms with Gasteiger partial charge in [0.15, 0.2) is 0 Å². The molecule has 2 atom stereocenters. The van der Waals surface area contributed by atoms with Crippen molar-refractivity contribution in [1.29, 1.82) is 0 Å². The number of benzene rings is 2. The van der Waals surface area contributed by atoms with Crippen molar-refractivity contribution in [3.05, 3.63) is 48.0 Å². The van der Waals surface area contributed by atoms with Crippen LogP contribution in [0.3, 0.4) is 0 Å². The summed E-state index contributed by atoms with van der Waals surface area (Å²) in [6, 6.07) is 13.5. The number of carbonyl (C=O) groups is 2. The van der Waals surface area contributed by atoms with E-state index in [0.717, 1.165) is 23.6 Å².